The highest BCUT2D eigenvalue weighted by atomic mass is 19.1. The first-order valence-corrected chi connectivity index (χ1v) is 9.61. The van der Waals surface area contributed by atoms with Crippen LogP contribution in [0.15, 0.2) is 36.4 Å². The summed E-state index contributed by atoms with van der Waals surface area (Å²) in [6.45, 7) is 4.95. The lowest BCUT2D eigenvalue weighted by Gasteiger charge is -2.23. The van der Waals surface area contributed by atoms with E-state index in [0.717, 1.165) is 6.07 Å². The molecule has 2 aromatic carbocycles. The number of carbonyl (C=O) groups excluding carboxylic acids is 2. The van der Waals surface area contributed by atoms with Crippen LogP contribution in [0.5, 0.6) is 11.5 Å². The van der Waals surface area contributed by atoms with Crippen LogP contribution < -0.4 is 25.8 Å². The molecule has 2 rings (SSSR count). The van der Waals surface area contributed by atoms with Gasteiger partial charge in [0.1, 0.15) is 23.3 Å². The minimum absolute atomic E-state index is 0.0839. The van der Waals surface area contributed by atoms with Crippen LogP contribution in [-0.2, 0) is 9.53 Å². The molecule has 2 amide bonds. The van der Waals surface area contributed by atoms with Gasteiger partial charge in [-0.15, -0.1) is 0 Å². The fourth-order valence-electron chi connectivity index (χ4n) is 2.76. The number of rotatable bonds is 7. The standard InChI is InChI=1S/C22H27FN4O5/c1-22(2,3)32-21(29)27-20(28)18(26-13-8-6-12(7-9-13)19(24)25)14-10-16(30-4)17(31-5)11-15(14)23/h6-11,18,26H,1-5H3,(H3,24,25)(H,27,28,29). The van der Waals surface area contributed by atoms with Gasteiger partial charge in [0.2, 0.25) is 0 Å². The maximum Gasteiger partial charge on any atom is 0.414 e. The van der Waals surface area contributed by atoms with Crippen LogP contribution in [0.3, 0.4) is 0 Å². The van der Waals surface area contributed by atoms with Gasteiger partial charge in [-0.1, -0.05) is 0 Å². The van der Waals surface area contributed by atoms with Gasteiger partial charge in [0.05, 0.1) is 14.2 Å². The first kappa shape index (κ1) is 24.4. The Hall–Kier alpha value is -3.82. The number of carbonyl (C=O) groups is 2. The number of anilines is 1. The van der Waals surface area contributed by atoms with Gasteiger partial charge in [-0.05, 0) is 51.1 Å². The second-order valence-electron chi connectivity index (χ2n) is 7.79. The summed E-state index contributed by atoms with van der Waals surface area (Å²) in [7, 11) is 2.74. The van der Waals surface area contributed by atoms with Gasteiger partial charge in [0.25, 0.3) is 5.91 Å². The Bertz CT molecular complexity index is 1000. The van der Waals surface area contributed by atoms with Gasteiger partial charge in [0, 0.05) is 22.9 Å². The normalized spacial score (nSPS) is 11.8. The molecule has 0 aliphatic carbocycles. The number of benzene rings is 2. The maximum atomic E-state index is 14.9. The molecular weight excluding hydrogens is 419 g/mol. The smallest absolute Gasteiger partial charge is 0.414 e. The molecule has 1 unspecified atom stereocenters. The van der Waals surface area contributed by atoms with E-state index in [1.165, 1.54) is 20.3 Å². The highest BCUT2D eigenvalue weighted by molar-refractivity contribution is 5.97. The van der Waals surface area contributed by atoms with Crippen molar-refractivity contribution in [2.24, 2.45) is 5.73 Å². The van der Waals surface area contributed by atoms with Gasteiger partial charge in [-0.3, -0.25) is 15.5 Å². The molecule has 1 atom stereocenters. The molecule has 0 fully saturated rings. The lowest BCUT2D eigenvalue weighted by Crippen LogP contribution is -2.41. The second kappa shape index (κ2) is 9.99. The Balaban J connectivity index is 2.43. The molecule has 172 valence electrons. The molecule has 0 radical (unpaired) electrons. The highest BCUT2D eigenvalue weighted by Crippen LogP contribution is 2.34. The largest absolute Gasteiger partial charge is 0.493 e. The van der Waals surface area contributed by atoms with Crippen LogP contribution in [0.1, 0.15) is 37.9 Å². The number of hydrogen-bond acceptors (Lipinski definition) is 7. The van der Waals surface area contributed by atoms with E-state index < -0.39 is 29.5 Å². The summed E-state index contributed by atoms with van der Waals surface area (Å²) in [5.74, 6) is -1.37. The summed E-state index contributed by atoms with van der Waals surface area (Å²) in [4.78, 5) is 25.1. The molecular formula is C22H27FN4O5. The number of nitrogens with one attached hydrogen (secondary N) is 3. The molecule has 0 aromatic heterocycles. The van der Waals surface area contributed by atoms with Crippen molar-refractivity contribution in [2.45, 2.75) is 32.4 Å². The van der Waals surface area contributed by atoms with Crippen molar-refractivity contribution in [3.05, 3.63) is 53.3 Å². The van der Waals surface area contributed by atoms with Crippen molar-refractivity contribution in [1.82, 2.24) is 5.32 Å². The summed E-state index contributed by atoms with van der Waals surface area (Å²) >= 11 is 0. The number of nitrogen functional groups attached to an aromatic ring is 1. The zero-order valence-corrected chi connectivity index (χ0v) is 18.5. The minimum atomic E-state index is -1.33. The zero-order valence-electron chi connectivity index (χ0n) is 18.5. The van der Waals surface area contributed by atoms with Crippen molar-refractivity contribution in [3.63, 3.8) is 0 Å². The molecule has 0 saturated carbocycles. The Kier molecular flexibility index (Phi) is 7.63. The quantitative estimate of drug-likeness (QED) is 0.378. The van der Waals surface area contributed by atoms with Gasteiger partial charge >= 0.3 is 6.09 Å². The zero-order chi connectivity index (χ0) is 24.1. The molecule has 0 spiro atoms. The number of alkyl carbamates (subject to hydrolysis) is 1. The van der Waals surface area contributed by atoms with Gasteiger partial charge in [-0.25, -0.2) is 9.18 Å². The number of amides is 2. The number of imide groups is 1. The van der Waals surface area contributed by atoms with Crippen LogP contribution in [0.2, 0.25) is 0 Å². The average molecular weight is 446 g/mol. The van der Waals surface area contributed by atoms with Crippen LogP contribution in [-0.4, -0.2) is 37.7 Å². The maximum absolute atomic E-state index is 14.9. The molecule has 0 heterocycles. The first-order valence-electron chi connectivity index (χ1n) is 9.61. The molecule has 0 saturated heterocycles. The lowest BCUT2D eigenvalue weighted by atomic mass is 10.0. The number of halogens is 1. The molecule has 32 heavy (non-hydrogen) atoms. The van der Waals surface area contributed by atoms with Gasteiger partial charge < -0.3 is 25.3 Å². The van der Waals surface area contributed by atoms with E-state index in [0.29, 0.717) is 11.3 Å². The predicted octanol–water partition coefficient (Wildman–Crippen LogP) is 3.33. The summed E-state index contributed by atoms with van der Waals surface area (Å²) in [5, 5.41) is 12.5. The van der Waals surface area contributed by atoms with Gasteiger partial charge in [-0.2, -0.15) is 0 Å². The molecule has 10 heteroatoms. The van der Waals surface area contributed by atoms with Crippen molar-refractivity contribution >= 4 is 23.5 Å². The van der Waals surface area contributed by atoms with Crippen molar-refractivity contribution in [3.8, 4) is 11.5 Å². The minimum Gasteiger partial charge on any atom is -0.493 e. The first-order chi connectivity index (χ1) is 14.9. The number of methoxy groups -OCH3 is 2. The average Bonchev–Trinajstić information content (AvgIpc) is 2.70. The Morgan fingerprint density at radius 2 is 1.62 bits per heavy atom. The SMILES string of the molecule is COc1cc(F)c(C(Nc2ccc(C(=N)N)cc2)C(=O)NC(=O)OC(C)(C)C)cc1OC. The monoisotopic (exact) mass is 446 g/mol. The van der Waals surface area contributed by atoms with E-state index in [1.54, 1.807) is 45.0 Å². The molecule has 0 bridgehead atoms. The predicted molar refractivity (Wildman–Crippen MR) is 118 cm³/mol. The molecule has 9 nitrogen and oxygen atoms in total. The number of ether oxygens (including phenoxy) is 3. The van der Waals surface area contributed by atoms with Crippen LogP contribution in [0.25, 0.3) is 0 Å². The lowest BCUT2D eigenvalue weighted by molar-refractivity contribution is -0.121. The summed E-state index contributed by atoms with van der Waals surface area (Å²) in [6.07, 6.45) is -0.970. The fourth-order valence-corrected chi connectivity index (χ4v) is 2.76. The van der Waals surface area contributed by atoms with Crippen molar-refractivity contribution in [2.75, 3.05) is 19.5 Å². The van der Waals surface area contributed by atoms with E-state index in [4.69, 9.17) is 25.4 Å². The van der Waals surface area contributed by atoms with E-state index >= 15 is 0 Å². The summed E-state index contributed by atoms with van der Waals surface area (Å²) in [5.41, 5.74) is 5.45. The third-order valence-electron chi connectivity index (χ3n) is 4.21. The number of amidine groups is 1. The molecule has 0 aliphatic rings. The Morgan fingerprint density at radius 3 is 2.12 bits per heavy atom. The third-order valence-corrected chi connectivity index (χ3v) is 4.21. The fraction of sp³-hybridized carbons (Fsp3) is 0.318. The van der Waals surface area contributed by atoms with E-state index in [-0.39, 0.29) is 22.9 Å². The Labute approximate surface area is 185 Å². The number of nitrogens with two attached hydrogens (primary N) is 1. The van der Waals surface area contributed by atoms with Crippen LogP contribution in [0, 0.1) is 11.2 Å². The molecule has 2 aromatic rings. The van der Waals surface area contributed by atoms with E-state index in [9.17, 15) is 14.0 Å². The van der Waals surface area contributed by atoms with Gasteiger partial charge in [0.15, 0.2) is 11.5 Å². The molecule has 0 aliphatic heterocycles. The van der Waals surface area contributed by atoms with Crippen molar-refractivity contribution < 1.29 is 28.2 Å². The van der Waals surface area contributed by atoms with E-state index in [1.807, 2.05) is 0 Å². The Morgan fingerprint density at radius 1 is 1.06 bits per heavy atom. The topological polar surface area (TPSA) is 136 Å². The van der Waals surface area contributed by atoms with Crippen LogP contribution >= 0.6 is 0 Å². The highest BCUT2D eigenvalue weighted by Gasteiger charge is 2.29. The van der Waals surface area contributed by atoms with Crippen molar-refractivity contribution in [1.29, 1.82) is 5.41 Å². The summed E-state index contributed by atoms with van der Waals surface area (Å²) < 4.78 is 30.4. The number of hydrogen-bond donors (Lipinski definition) is 4. The van der Waals surface area contributed by atoms with Crippen LogP contribution in [0.4, 0.5) is 14.9 Å². The third kappa shape index (κ3) is 6.34. The molecule has 5 N–H and O–H groups in total. The van der Waals surface area contributed by atoms with E-state index in [2.05, 4.69) is 10.6 Å². The summed E-state index contributed by atoms with van der Waals surface area (Å²) in [6, 6.07) is 7.35. The second-order valence-corrected chi connectivity index (χ2v) is 7.79.